The van der Waals surface area contributed by atoms with E-state index in [1.807, 2.05) is 13.8 Å². The average Bonchev–Trinajstić information content (AvgIpc) is 2.26. The smallest absolute Gasteiger partial charge is 0.338 e. The van der Waals surface area contributed by atoms with Crippen LogP contribution in [-0.2, 0) is 0 Å². The molecule has 0 saturated carbocycles. The maximum absolute atomic E-state index is 10.8. The van der Waals surface area contributed by atoms with Gasteiger partial charge in [-0.2, -0.15) is 0 Å². The zero-order chi connectivity index (χ0) is 10.2. The van der Waals surface area contributed by atoms with Crippen LogP contribution in [0.1, 0.15) is 41.5 Å². The Morgan fingerprint density at radius 3 is 2.31 bits per heavy atom. The molecule has 0 aliphatic heterocycles. The number of carboxylic acid groups (broad SMARTS) is 1. The molecule has 0 atom stereocenters. The lowest BCUT2D eigenvalue weighted by molar-refractivity contribution is 0.0695. The predicted octanol–water partition coefficient (Wildman–Crippen LogP) is 2.91. The standard InChI is InChI=1S/C9H12BrNO2/c1-4(2)8-7(10)6(9(12)13)5(3)11-8/h4,11H,1-3H3,(H,12,13). The predicted molar refractivity (Wildman–Crippen MR) is 54.3 cm³/mol. The number of hydrogen-bond donors (Lipinski definition) is 2. The first-order valence-corrected chi connectivity index (χ1v) is 4.85. The van der Waals surface area contributed by atoms with Crippen molar-refractivity contribution in [1.29, 1.82) is 0 Å². The van der Waals surface area contributed by atoms with E-state index >= 15 is 0 Å². The monoisotopic (exact) mass is 245 g/mol. The summed E-state index contributed by atoms with van der Waals surface area (Å²) in [7, 11) is 0. The van der Waals surface area contributed by atoms with Crippen LogP contribution in [-0.4, -0.2) is 16.1 Å². The van der Waals surface area contributed by atoms with Crippen LogP contribution in [0, 0.1) is 6.92 Å². The van der Waals surface area contributed by atoms with Crippen LogP contribution >= 0.6 is 15.9 Å². The summed E-state index contributed by atoms with van der Waals surface area (Å²) in [6.07, 6.45) is 0. The highest BCUT2D eigenvalue weighted by Gasteiger charge is 2.19. The molecule has 13 heavy (non-hydrogen) atoms. The van der Waals surface area contributed by atoms with Crippen LogP contribution in [0.2, 0.25) is 0 Å². The third-order valence-electron chi connectivity index (χ3n) is 1.94. The van der Waals surface area contributed by atoms with Crippen molar-refractivity contribution in [2.45, 2.75) is 26.7 Å². The van der Waals surface area contributed by atoms with Crippen molar-refractivity contribution in [3.05, 3.63) is 21.4 Å². The quantitative estimate of drug-likeness (QED) is 0.842. The van der Waals surface area contributed by atoms with Gasteiger partial charge in [0.1, 0.15) is 0 Å². The van der Waals surface area contributed by atoms with Gasteiger partial charge in [0.05, 0.1) is 10.0 Å². The van der Waals surface area contributed by atoms with Gasteiger partial charge < -0.3 is 10.1 Å². The second kappa shape index (κ2) is 3.54. The second-order valence-corrected chi connectivity index (χ2v) is 4.11. The Kier molecular flexibility index (Phi) is 2.81. The molecule has 0 aliphatic carbocycles. The summed E-state index contributed by atoms with van der Waals surface area (Å²) in [5.41, 5.74) is 1.97. The highest BCUT2D eigenvalue weighted by molar-refractivity contribution is 9.10. The van der Waals surface area contributed by atoms with Crippen molar-refractivity contribution in [1.82, 2.24) is 4.98 Å². The fourth-order valence-corrected chi connectivity index (χ4v) is 2.29. The molecular formula is C9H12BrNO2. The molecule has 0 radical (unpaired) electrons. The minimum absolute atomic E-state index is 0.293. The lowest BCUT2D eigenvalue weighted by Crippen LogP contribution is -1.97. The zero-order valence-electron chi connectivity index (χ0n) is 7.81. The Morgan fingerprint density at radius 1 is 1.54 bits per heavy atom. The molecular weight excluding hydrogens is 234 g/mol. The Balaban J connectivity index is 3.30. The highest BCUT2D eigenvalue weighted by Crippen LogP contribution is 2.29. The van der Waals surface area contributed by atoms with Gasteiger partial charge >= 0.3 is 5.97 Å². The number of aryl methyl sites for hydroxylation is 1. The van der Waals surface area contributed by atoms with E-state index in [9.17, 15) is 4.79 Å². The molecule has 1 rings (SSSR count). The summed E-state index contributed by atoms with van der Waals surface area (Å²) < 4.78 is 0.674. The summed E-state index contributed by atoms with van der Waals surface area (Å²) in [5.74, 6) is -0.603. The first-order valence-electron chi connectivity index (χ1n) is 4.06. The van der Waals surface area contributed by atoms with Crippen molar-refractivity contribution in [3.8, 4) is 0 Å². The van der Waals surface area contributed by atoms with Gasteiger partial charge in [-0.25, -0.2) is 4.79 Å². The van der Waals surface area contributed by atoms with Crippen LogP contribution in [0.3, 0.4) is 0 Å². The maximum atomic E-state index is 10.8. The molecule has 1 heterocycles. The Hall–Kier alpha value is -0.770. The van der Waals surface area contributed by atoms with E-state index in [0.29, 0.717) is 21.6 Å². The van der Waals surface area contributed by atoms with Crippen LogP contribution in [0.15, 0.2) is 4.47 Å². The first-order chi connectivity index (χ1) is 5.95. The van der Waals surface area contributed by atoms with E-state index in [4.69, 9.17) is 5.11 Å². The molecule has 0 bridgehead atoms. The van der Waals surface area contributed by atoms with Gasteiger partial charge in [0.15, 0.2) is 0 Å². The van der Waals surface area contributed by atoms with Crippen molar-refractivity contribution in [2.75, 3.05) is 0 Å². The number of aromatic amines is 1. The molecule has 0 aliphatic rings. The number of H-pyrrole nitrogens is 1. The van der Waals surface area contributed by atoms with E-state index in [2.05, 4.69) is 20.9 Å². The van der Waals surface area contributed by atoms with Gasteiger partial charge in [-0.1, -0.05) is 13.8 Å². The topological polar surface area (TPSA) is 53.1 Å². The van der Waals surface area contributed by atoms with E-state index in [-0.39, 0.29) is 0 Å². The normalized spacial score (nSPS) is 10.8. The summed E-state index contributed by atoms with van der Waals surface area (Å²) in [6.45, 7) is 5.80. The van der Waals surface area contributed by atoms with Crippen LogP contribution in [0.4, 0.5) is 0 Å². The minimum Gasteiger partial charge on any atom is -0.478 e. The minimum atomic E-state index is -0.896. The molecule has 0 spiro atoms. The molecule has 1 aromatic heterocycles. The molecule has 0 saturated heterocycles. The van der Waals surface area contributed by atoms with Crippen molar-refractivity contribution >= 4 is 21.9 Å². The number of aromatic nitrogens is 1. The number of halogens is 1. The largest absolute Gasteiger partial charge is 0.478 e. The van der Waals surface area contributed by atoms with Crippen LogP contribution in [0.25, 0.3) is 0 Å². The lowest BCUT2D eigenvalue weighted by Gasteiger charge is -2.01. The van der Waals surface area contributed by atoms with Crippen molar-refractivity contribution < 1.29 is 9.90 Å². The fourth-order valence-electron chi connectivity index (χ4n) is 1.27. The molecule has 1 aromatic rings. The molecule has 0 amide bonds. The van der Waals surface area contributed by atoms with Gasteiger partial charge in [-0.3, -0.25) is 0 Å². The number of carbonyl (C=O) groups is 1. The molecule has 3 nitrogen and oxygen atoms in total. The Morgan fingerprint density at radius 2 is 2.08 bits per heavy atom. The van der Waals surface area contributed by atoms with Gasteiger partial charge in [0, 0.05) is 11.4 Å². The van der Waals surface area contributed by atoms with Crippen LogP contribution < -0.4 is 0 Å². The van der Waals surface area contributed by atoms with Gasteiger partial charge in [0.25, 0.3) is 0 Å². The Bertz CT molecular complexity index is 342. The Labute approximate surface area is 85.3 Å². The molecule has 0 unspecified atom stereocenters. The maximum Gasteiger partial charge on any atom is 0.338 e. The summed E-state index contributed by atoms with van der Waals surface area (Å²) in [6, 6.07) is 0. The van der Waals surface area contributed by atoms with Gasteiger partial charge in [0.2, 0.25) is 0 Å². The van der Waals surface area contributed by atoms with E-state index < -0.39 is 5.97 Å². The third kappa shape index (κ3) is 1.77. The molecule has 2 N–H and O–H groups in total. The number of carboxylic acids is 1. The average molecular weight is 246 g/mol. The molecule has 0 aromatic carbocycles. The van der Waals surface area contributed by atoms with Crippen molar-refractivity contribution in [2.24, 2.45) is 0 Å². The molecule has 72 valence electrons. The summed E-state index contributed by atoms with van der Waals surface area (Å²) >= 11 is 3.29. The number of aromatic carboxylic acids is 1. The third-order valence-corrected chi connectivity index (χ3v) is 2.77. The molecule has 0 fully saturated rings. The summed E-state index contributed by atoms with van der Waals surface area (Å²) in [4.78, 5) is 13.9. The number of rotatable bonds is 2. The SMILES string of the molecule is Cc1[nH]c(C(C)C)c(Br)c1C(=O)O. The number of hydrogen-bond acceptors (Lipinski definition) is 1. The van der Waals surface area contributed by atoms with Crippen molar-refractivity contribution in [3.63, 3.8) is 0 Å². The lowest BCUT2D eigenvalue weighted by atomic mass is 10.1. The van der Waals surface area contributed by atoms with Gasteiger partial charge in [-0.05, 0) is 28.8 Å². The summed E-state index contributed by atoms with van der Waals surface area (Å²) in [5, 5.41) is 8.89. The van der Waals surface area contributed by atoms with Gasteiger partial charge in [-0.15, -0.1) is 0 Å². The highest BCUT2D eigenvalue weighted by atomic mass is 79.9. The van der Waals surface area contributed by atoms with E-state index in [0.717, 1.165) is 5.69 Å². The van der Waals surface area contributed by atoms with E-state index in [1.165, 1.54) is 0 Å². The van der Waals surface area contributed by atoms with E-state index in [1.54, 1.807) is 6.92 Å². The zero-order valence-corrected chi connectivity index (χ0v) is 9.40. The molecule has 4 heteroatoms. The van der Waals surface area contributed by atoms with Crippen LogP contribution in [0.5, 0.6) is 0 Å². The fraction of sp³-hybridized carbons (Fsp3) is 0.444. The number of nitrogens with one attached hydrogen (secondary N) is 1. The second-order valence-electron chi connectivity index (χ2n) is 3.31. The first kappa shape index (κ1) is 10.3.